The van der Waals surface area contributed by atoms with Crippen molar-refractivity contribution < 1.29 is 9.90 Å². The number of aryl methyl sites for hydroxylation is 1. The van der Waals surface area contributed by atoms with Gasteiger partial charge in [0.15, 0.2) is 3.95 Å². The van der Waals surface area contributed by atoms with E-state index in [1.54, 1.807) is 4.57 Å². The molecule has 1 heterocycles. The van der Waals surface area contributed by atoms with Gasteiger partial charge in [-0.15, -0.1) is 11.3 Å². The Labute approximate surface area is 108 Å². The molecule has 0 spiro atoms. The average Bonchev–Trinajstić information content (AvgIpc) is 2.61. The SMILES string of the molecule is Cc1ccc(-c2csc(=S)n2CC(=O)[O-])cc1. The van der Waals surface area contributed by atoms with Crippen LogP contribution < -0.4 is 5.11 Å². The minimum Gasteiger partial charge on any atom is -0.548 e. The van der Waals surface area contributed by atoms with Gasteiger partial charge in [0.25, 0.3) is 0 Å². The smallest absolute Gasteiger partial charge is 0.161 e. The number of aliphatic carboxylic acids is 1. The molecule has 0 atom stereocenters. The van der Waals surface area contributed by atoms with Crippen molar-refractivity contribution in [2.24, 2.45) is 0 Å². The Morgan fingerprint density at radius 2 is 2.06 bits per heavy atom. The molecule has 0 saturated carbocycles. The first-order chi connectivity index (χ1) is 8.08. The summed E-state index contributed by atoms with van der Waals surface area (Å²) in [5.74, 6) is -1.13. The maximum absolute atomic E-state index is 10.7. The van der Waals surface area contributed by atoms with E-state index in [1.807, 2.05) is 36.6 Å². The zero-order valence-electron chi connectivity index (χ0n) is 9.17. The fourth-order valence-corrected chi connectivity index (χ4v) is 2.63. The van der Waals surface area contributed by atoms with E-state index in [4.69, 9.17) is 12.2 Å². The average molecular weight is 264 g/mol. The monoisotopic (exact) mass is 264 g/mol. The summed E-state index contributed by atoms with van der Waals surface area (Å²) in [6.07, 6.45) is 0. The van der Waals surface area contributed by atoms with Crippen LogP contribution in [0, 0.1) is 10.9 Å². The number of hydrogen-bond acceptors (Lipinski definition) is 4. The molecule has 17 heavy (non-hydrogen) atoms. The maximum Gasteiger partial charge on any atom is 0.161 e. The largest absolute Gasteiger partial charge is 0.548 e. The molecule has 0 unspecified atom stereocenters. The first-order valence-corrected chi connectivity index (χ1v) is 6.32. The van der Waals surface area contributed by atoms with Gasteiger partial charge in [-0.05, 0) is 24.7 Å². The summed E-state index contributed by atoms with van der Waals surface area (Å²) < 4.78 is 2.13. The highest BCUT2D eigenvalue weighted by molar-refractivity contribution is 7.73. The molecule has 2 aromatic rings. The van der Waals surface area contributed by atoms with Crippen molar-refractivity contribution in [3.8, 4) is 11.3 Å². The van der Waals surface area contributed by atoms with Gasteiger partial charge >= 0.3 is 0 Å². The van der Waals surface area contributed by atoms with Gasteiger partial charge in [0, 0.05) is 5.38 Å². The summed E-state index contributed by atoms with van der Waals surface area (Å²) in [7, 11) is 0. The fourth-order valence-electron chi connectivity index (χ4n) is 1.56. The zero-order chi connectivity index (χ0) is 12.4. The van der Waals surface area contributed by atoms with E-state index < -0.39 is 5.97 Å². The molecule has 5 heteroatoms. The molecule has 1 aromatic heterocycles. The molecule has 0 amide bonds. The van der Waals surface area contributed by atoms with Crippen LogP contribution in [0.3, 0.4) is 0 Å². The molecular formula is C12H10NO2S2-. The second-order valence-electron chi connectivity index (χ2n) is 3.71. The van der Waals surface area contributed by atoms with E-state index in [-0.39, 0.29) is 6.54 Å². The predicted octanol–water partition coefficient (Wildman–Crippen LogP) is 2.00. The van der Waals surface area contributed by atoms with Crippen LogP contribution >= 0.6 is 23.6 Å². The number of aromatic nitrogens is 1. The molecule has 0 radical (unpaired) electrons. The minimum atomic E-state index is -1.13. The molecule has 2 rings (SSSR count). The Morgan fingerprint density at radius 1 is 1.41 bits per heavy atom. The van der Waals surface area contributed by atoms with Crippen LogP contribution in [-0.4, -0.2) is 10.5 Å². The van der Waals surface area contributed by atoms with Crippen LogP contribution in [0.5, 0.6) is 0 Å². The highest BCUT2D eigenvalue weighted by atomic mass is 32.1. The molecule has 0 saturated heterocycles. The third-order valence-electron chi connectivity index (χ3n) is 2.42. The lowest BCUT2D eigenvalue weighted by atomic mass is 10.1. The van der Waals surface area contributed by atoms with Crippen LogP contribution in [-0.2, 0) is 11.3 Å². The zero-order valence-corrected chi connectivity index (χ0v) is 10.8. The van der Waals surface area contributed by atoms with Crippen LogP contribution in [0.1, 0.15) is 5.56 Å². The predicted molar refractivity (Wildman–Crippen MR) is 68.3 cm³/mol. The van der Waals surface area contributed by atoms with E-state index in [9.17, 15) is 9.90 Å². The standard InChI is InChI=1S/C12H11NO2S2/c1-8-2-4-9(5-3-8)10-7-17-12(16)13(10)6-11(14)15/h2-5,7H,6H2,1H3,(H,14,15)/p-1. The third-order valence-corrected chi connectivity index (χ3v) is 3.69. The fraction of sp³-hybridized carbons (Fsp3) is 0.167. The van der Waals surface area contributed by atoms with Gasteiger partial charge in [-0.2, -0.15) is 0 Å². The third kappa shape index (κ3) is 2.62. The van der Waals surface area contributed by atoms with E-state index in [1.165, 1.54) is 11.3 Å². The van der Waals surface area contributed by atoms with Crippen molar-refractivity contribution >= 4 is 29.5 Å². The first kappa shape index (κ1) is 12.0. The summed E-state index contributed by atoms with van der Waals surface area (Å²) in [6.45, 7) is 1.80. The van der Waals surface area contributed by atoms with E-state index in [2.05, 4.69) is 0 Å². The normalized spacial score (nSPS) is 10.4. The molecule has 88 valence electrons. The highest BCUT2D eigenvalue weighted by Gasteiger charge is 2.06. The summed E-state index contributed by atoms with van der Waals surface area (Å²) in [5, 5.41) is 12.6. The van der Waals surface area contributed by atoms with E-state index in [0.717, 1.165) is 16.8 Å². The lowest BCUT2D eigenvalue weighted by Gasteiger charge is -2.09. The number of thiazole rings is 1. The molecule has 0 bridgehead atoms. The molecule has 0 aliphatic rings. The van der Waals surface area contributed by atoms with Crippen molar-refractivity contribution in [3.05, 3.63) is 39.2 Å². The van der Waals surface area contributed by atoms with E-state index in [0.29, 0.717) is 3.95 Å². The van der Waals surface area contributed by atoms with Crippen molar-refractivity contribution in [1.29, 1.82) is 0 Å². The Balaban J connectivity index is 2.48. The Morgan fingerprint density at radius 3 is 2.65 bits per heavy atom. The van der Waals surface area contributed by atoms with Crippen molar-refractivity contribution in [1.82, 2.24) is 4.57 Å². The molecular weight excluding hydrogens is 254 g/mol. The van der Waals surface area contributed by atoms with Gasteiger partial charge in [0.2, 0.25) is 0 Å². The van der Waals surface area contributed by atoms with E-state index >= 15 is 0 Å². The molecule has 0 aliphatic carbocycles. The Bertz CT molecular complexity index is 596. The minimum absolute atomic E-state index is 0.203. The summed E-state index contributed by atoms with van der Waals surface area (Å²) in [6, 6.07) is 7.88. The number of nitrogens with zero attached hydrogens (tertiary/aromatic N) is 1. The number of carbonyl (C=O) groups is 1. The van der Waals surface area contributed by atoms with Crippen molar-refractivity contribution in [2.45, 2.75) is 13.5 Å². The second-order valence-corrected chi connectivity index (χ2v) is 5.21. The lowest BCUT2D eigenvalue weighted by Crippen LogP contribution is -2.27. The van der Waals surface area contributed by atoms with Gasteiger partial charge < -0.3 is 14.5 Å². The first-order valence-electron chi connectivity index (χ1n) is 5.03. The molecule has 1 aromatic carbocycles. The van der Waals surface area contributed by atoms with Crippen LogP contribution in [0.2, 0.25) is 0 Å². The van der Waals surface area contributed by atoms with Gasteiger partial charge in [0.05, 0.1) is 18.2 Å². The summed E-state index contributed by atoms with van der Waals surface area (Å²) in [5.41, 5.74) is 2.95. The molecule has 3 nitrogen and oxygen atoms in total. The lowest BCUT2D eigenvalue weighted by molar-refractivity contribution is -0.306. The van der Waals surface area contributed by atoms with Gasteiger partial charge in [-0.25, -0.2) is 0 Å². The van der Waals surface area contributed by atoms with Gasteiger partial charge in [-0.3, -0.25) is 0 Å². The molecule has 0 N–H and O–H groups in total. The van der Waals surface area contributed by atoms with Crippen molar-refractivity contribution in [3.63, 3.8) is 0 Å². The topological polar surface area (TPSA) is 45.1 Å². The van der Waals surface area contributed by atoms with Crippen molar-refractivity contribution in [2.75, 3.05) is 0 Å². The number of rotatable bonds is 3. The quantitative estimate of drug-likeness (QED) is 0.797. The maximum atomic E-state index is 10.7. The van der Waals surface area contributed by atoms with Crippen LogP contribution in [0.4, 0.5) is 0 Å². The number of hydrogen-bond donors (Lipinski definition) is 0. The summed E-state index contributed by atoms with van der Waals surface area (Å²) in [4.78, 5) is 10.7. The van der Waals surface area contributed by atoms with Crippen LogP contribution in [0.15, 0.2) is 29.6 Å². The number of carboxylic acid groups (broad SMARTS) is 1. The Hall–Kier alpha value is -1.46. The summed E-state index contributed by atoms with van der Waals surface area (Å²) >= 11 is 6.47. The second kappa shape index (κ2) is 4.81. The molecule has 0 aliphatic heterocycles. The number of carboxylic acids is 1. The number of benzene rings is 1. The van der Waals surface area contributed by atoms with Gasteiger partial charge in [-0.1, -0.05) is 29.8 Å². The van der Waals surface area contributed by atoms with Crippen LogP contribution in [0.25, 0.3) is 11.3 Å². The Kier molecular flexibility index (Phi) is 3.40. The number of carbonyl (C=O) groups excluding carboxylic acids is 1. The van der Waals surface area contributed by atoms with Gasteiger partial charge in [0.1, 0.15) is 0 Å². The highest BCUT2D eigenvalue weighted by Crippen LogP contribution is 2.24. The molecule has 0 fully saturated rings.